The predicted octanol–water partition coefficient (Wildman–Crippen LogP) is 4.21. The van der Waals surface area contributed by atoms with Crippen molar-refractivity contribution >= 4 is 45.8 Å². The molecule has 21 heavy (non-hydrogen) atoms. The van der Waals surface area contributed by atoms with Crippen molar-refractivity contribution in [3.05, 3.63) is 50.6 Å². The quantitative estimate of drug-likeness (QED) is 0.758. The summed E-state index contributed by atoms with van der Waals surface area (Å²) in [5, 5.41) is 3.42. The highest BCUT2D eigenvalue weighted by molar-refractivity contribution is 14.1. The van der Waals surface area contributed by atoms with E-state index in [-0.39, 0.29) is 5.91 Å². The molecular formula is C15H13ClINO3. The molecule has 0 aliphatic rings. The Kier molecular flexibility index (Phi) is 5.30. The maximum Gasteiger partial charge on any atom is 0.255 e. The fraction of sp³-hybridized carbons (Fsp3) is 0.133. The molecule has 2 aromatic carbocycles. The van der Waals surface area contributed by atoms with Gasteiger partial charge in [0, 0.05) is 16.3 Å². The van der Waals surface area contributed by atoms with Crippen molar-refractivity contribution in [2.75, 3.05) is 19.5 Å². The average Bonchev–Trinajstić information content (AvgIpc) is 2.48. The number of hydrogen-bond donors (Lipinski definition) is 1. The lowest BCUT2D eigenvalue weighted by atomic mass is 10.2. The van der Waals surface area contributed by atoms with E-state index in [0.29, 0.717) is 27.8 Å². The maximum atomic E-state index is 12.3. The van der Waals surface area contributed by atoms with Crippen LogP contribution in [0, 0.1) is 3.57 Å². The standard InChI is InChI=1S/C15H13ClINO3/c1-20-13-8-9(7-12(17)14(13)21-2)15(19)18-11-5-3-10(16)4-6-11/h3-8H,1-2H3,(H,18,19). The molecule has 4 nitrogen and oxygen atoms in total. The average molecular weight is 418 g/mol. The zero-order valence-corrected chi connectivity index (χ0v) is 14.4. The van der Waals surface area contributed by atoms with Crippen molar-refractivity contribution in [3.8, 4) is 11.5 Å². The van der Waals surface area contributed by atoms with Crippen molar-refractivity contribution < 1.29 is 14.3 Å². The third kappa shape index (κ3) is 3.79. The van der Waals surface area contributed by atoms with Gasteiger partial charge < -0.3 is 14.8 Å². The Hall–Kier alpha value is -1.47. The molecule has 0 atom stereocenters. The topological polar surface area (TPSA) is 47.6 Å². The fourth-order valence-electron chi connectivity index (χ4n) is 1.79. The first-order chi connectivity index (χ1) is 10.0. The molecule has 2 rings (SSSR count). The lowest BCUT2D eigenvalue weighted by molar-refractivity contribution is 0.102. The molecular weight excluding hydrogens is 405 g/mol. The minimum absolute atomic E-state index is 0.226. The van der Waals surface area contributed by atoms with Crippen molar-refractivity contribution in [1.82, 2.24) is 0 Å². The number of ether oxygens (including phenoxy) is 2. The molecule has 0 radical (unpaired) electrons. The van der Waals surface area contributed by atoms with E-state index < -0.39 is 0 Å². The molecule has 0 aliphatic heterocycles. The van der Waals surface area contributed by atoms with Crippen LogP contribution in [0.4, 0.5) is 5.69 Å². The molecule has 1 amide bonds. The highest BCUT2D eigenvalue weighted by atomic mass is 127. The lowest BCUT2D eigenvalue weighted by Crippen LogP contribution is -2.12. The molecule has 0 unspecified atom stereocenters. The predicted molar refractivity (Wildman–Crippen MR) is 91.7 cm³/mol. The number of amides is 1. The van der Waals surface area contributed by atoms with Gasteiger partial charge in [0.25, 0.3) is 5.91 Å². The van der Waals surface area contributed by atoms with Gasteiger partial charge in [-0.3, -0.25) is 4.79 Å². The molecule has 0 spiro atoms. The zero-order chi connectivity index (χ0) is 15.4. The monoisotopic (exact) mass is 417 g/mol. The minimum Gasteiger partial charge on any atom is -0.493 e. The molecule has 1 N–H and O–H groups in total. The Morgan fingerprint density at radius 2 is 1.81 bits per heavy atom. The first kappa shape index (κ1) is 15.9. The summed E-state index contributed by atoms with van der Waals surface area (Å²) in [4.78, 5) is 12.3. The number of nitrogens with one attached hydrogen (secondary N) is 1. The molecule has 0 saturated heterocycles. The Labute approximate surface area is 141 Å². The van der Waals surface area contributed by atoms with Gasteiger partial charge in [-0.1, -0.05) is 11.6 Å². The summed E-state index contributed by atoms with van der Waals surface area (Å²) in [5.74, 6) is 0.906. The van der Waals surface area contributed by atoms with E-state index in [1.165, 1.54) is 7.11 Å². The Bertz CT molecular complexity index is 659. The SMILES string of the molecule is COc1cc(C(=O)Nc2ccc(Cl)cc2)cc(I)c1OC. The van der Waals surface area contributed by atoms with Crippen LogP contribution in [0.15, 0.2) is 36.4 Å². The normalized spacial score (nSPS) is 10.1. The number of halogens is 2. The number of rotatable bonds is 4. The van der Waals surface area contributed by atoms with Gasteiger partial charge in [-0.25, -0.2) is 0 Å². The third-order valence-electron chi connectivity index (χ3n) is 2.80. The van der Waals surface area contributed by atoms with Gasteiger partial charge in [0.15, 0.2) is 11.5 Å². The summed E-state index contributed by atoms with van der Waals surface area (Å²) < 4.78 is 11.3. The smallest absolute Gasteiger partial charge is 0.255 e. The molecule has 0 fully saturated rings. The van der Waals surface area contributed by atoms with Crippen LogP contribution in [0.3, 0.4) is 0 Å². The highest BCUT2D eigenvalue weighted by Crippen LogP contribution is 2.33. The molecule has 110 valence electrons. The summed E-state index contributed by atoms with van der Waals surface area (Å²) in [6.07, 6.45) is 0. The minimum atomic E-state index is -0.226. The lowest BCUT2D eigenvalue weighted by Gasteiger charge is -2.12. The van der Waals surface area contributed by atoms with E-state index >= 15 is 0 Å². The Balaban J connectivity index is 2.27. The van der Waals surface area contributed by atoms with E-state index in [9.17, 15) is 4.79 Å². The van der Waals surface area contributed by atoms with E-state index in [4.69, 9.17) is 21.1 Å². The molecule has 0 aromatic heterocycles. The van der Waals surface area contributed by atoms with Gasteiger partial charge in [0.2, 0.25) is 0 Å². The van der Waals surface area contributed by atoms with Crippen LogP contribution < -0.4 is 14.8 Å². The van der Waals surface area contributed by atoms with Crippen LogP contribution >= 0.6 is 34.2 Å². The number of methoxy groups -OCH3 is 2. The van der Waals surface area contributed by atoms with Crippen LogP contribution in [-0.4, -0.2) is 20.1 Å². The third-order valence-corrected chi connectivity index (χ3v) is 3.85. The summed E-state index contributed by atoms with van der Waals surface area (Å²) in [6.45, 7) is 0. The van der Waals surface area contributed by atoms with Gasteiger partial charge in [-0.15, -0.1) is 0 Å². The fourth-order valence-corrected chi connectivity index (χ4v) is 2.73. The first-order valence-electron chi connectivity index (χ1n) is 6.03. The van der Waals surface area contributed by atoms with Crippen molar-refractivity contribution in [1.29, 1.82) is 0 Å². The van der Waals surface area contributed by atoms with Gasteiger partial charge in [0.1, 0.15) is 0 Å². The maximum absolute atomic E-state index is 12.3. The molecule has 6 heteroatoms. The number of carbonyl (C=O) groups is 1. The van der Waals surface area contributed by atoms with Crippen LogP contribution in [0.5, 0.6) is 11.5 Å². The van der Waals surface area contributed by atoms with E-state index in [1.54, 1.807) is 43.5 Å². The van der Waals surface area contributed by atoms with Gasteiger partial charge in [-0.2, -0.15) is 0 Å². The van der Waals surface area contributed by atoms with E-state index in [2.05, 4.69) is 27.9 Å². The summed E-state index contributed by atoms with van der Waals surface area (Å²) in [7, 11) is 3.10. The van der Waals surface area contributed by atoms with E-state index in [0.717, 1.165) is 3.57 Å². The summed E-state index contributed by atoms with van der Waals surface area (Å²) in [5.41, 5.74) is 1.17. The molecule has 0 bridgehead atoms. The zero-order valence-electron chi connectivity index (χ0n) is 11.4. The summed E-state index contributed by atoms with van der Waals surface area (Å²) >= 11 is 7.92. The first-order valence-corrected chi connectivity index (χ1v) is 7.49. The number of anilines is 1. The van der Waals surface area contributed by atoms with Crippen LogP contribution in [-0.2, 0) is 0 Å². The molecule has 2 aromatic rings. The highest BCUT2D eigenvalue weighted by Gasteiger charge is 2.15. The second kappa shape index (κ2) is 7.00. The number of hydrogen-bond acceptors (Lipinski definition) is 3. The van der Waals surface area contributed by atoms with Crippen LogP contribution in [0.2, 0.25) is 5.02 Å². The number of carbonyl (C=O) groups excluding carboxylic acids is 1. The second-order valence-electron chi connectivity index (χ2n) is 4.15. The Morgan fingerprint density at radius 3 is 2.38 bits per heavy atom. The van der Waals surface area contributed by atoms with Crippen LogP contribution in [0.25, 0.3) is 0 Å². The largest absolute Gasteiger partial charge is 0.493 e. The van der Waals surface area contributed by atoms with Crippen molar-refractivity contribution in [3.63, 3.8) is 0 Å². The van der Waals surface area contributed by atoms with E-state index in [1.807, 2.05) is 0 Å². The second-order valence-corrected chi connectivity index (χ2v) is 5.75. The Morgan fingerprint density at radius 1 is 1.14 bits per heavy atom. The van der Waals surface area contributed by atoms with Crippen molar-refractivity contribution in [2.24, 2.45) is 0 Å². The summed E-state index contributed by atoms with van der Waals surface area (Å²) in [6, 6.07) is 10.3. The van der Waals surface area contributed by atoms with Crippen LogP contribution in [0.1, 0.15) is 10.4 Å². The van der Waals surface area contributed by atoms with Crippen molar-refractivity contribution in [2.45, 2.75) is 0 Å². The molecule has 0 saturated carbocycles. The van der Waals surface area contributed by atoms with Gasteiger partial charge in [-0.05, 0) is 59.0 Å². The molecule has 0 aliphatic carbocycles. The number of benzene rings is 2. The molecule has 0 heterocycles. The van der Waals surface area contributed by atoms with Gasteiger partial charge >= 0.3 is 0 Å². The van der Waals surface area contributed by atoms with Gasteiger partial charge in [0.05, 0.1) is 17.8 Å².